The number of nitrogens with one attached hydrogen (secondary N) is 2. The average Bonchev–Trinajstić information content (AvgIpc) is 3.16. The monoisotopic (exact) mass is 463 g/mol. The standard InChI is InChI=1S/C25H26FN5O3/c1-15(14-26)16-6-5-7-17(10-16)29-25-30-19-12-23(22(33-4)13-21(19)31(25)3)34-18-8-9-28-20(11-18)24(32)27-2/h5-13,15H,14H2,1-4H3,(H,27,32)(H,29,30). The maximum atomic E-state index is 13.1. The van der Waals surface area contributed by atoms with Crippen LogP contribution in [0.25, 0.3) is 11.0 Å². The van der Waals surface area contributed by atoms with Crippen molar-refractivity contribution in [1.29, 1.82) is 0 Å². The van der Waals surface area contributed by atoms with Gasteiger partial charge < -0.3 is 24.7 Å². The number of fused-ring (bicyclic) bond motifs is 1. The van der Waals surface area contributed by atoms with Gasteiger partial charge in [-0.2, -0.15) is 0 Å². The molecule has 0 aliphatic rings. The van der Waals surface area contributed by atoms with Gasteiger partial charge in [-0.25, -0.2) is 4.98 Å². The van der Waals surface area contributed by atoms with Gasteiger partial charge in [0.1, 0.15) is 11.4 Å². The minimum atomic E-state index is -0.416. The van der Waals surface area contributed by atoms with Crippen molar-refractivity contribution in [3.05, 3.63) is 66.0 Å². The van der Waals surface area contributed by atoms with Crippen LogP contribution in [0.1, 0.15) is 28.9 Å². The van der Waals surface area contributed by atoms with Crippen molar-refractivity contribution in [3.63, 3.8) is 0 Å². The maximum absolute atomic E-state index is 13.1. The molecule has 4 rings (SSSR count). The lowest BCUT2D eigenvalue weighted by Crippen LogP contribution is -2.18. The van der Waals surface area contributed by atoms with Gasteiger partial charge in [0.15, 0.2) is 11.5 Å². The van der Waals surface area contributed by atoms with Crippen LogP contribution in [0.15, 0.2) is 54.7 Å². The normalized spacial score (nSPS) is 11.8. The number of aryl methyl sites for hydroxylation is 1. The van der Waals surface area contributed by atoms with E-state index in [0.717, 1.165) is 16.8 Å². The van der Waals surface area contributed by atoms with Crippen molar-refractivity contribution in [2.45, 2.75) is 12.8 Å². The number of methoxy groups -OCH3 is 1. The number of amides is 1. The number of imidazole rings is 1. The lowest BCUT2D eigenvalue weighted by atomic mass is 10.0. The Morgan fingerprint density at radius 2 is 2.00 bits per heavy atom. The van der Waals surface area contributed by atoms with Gasteiger partial charge in [0.2, 0.25) is 5.95 Å². The summed E-state index contributed by atoms with van der Waals surface area (Å²) in [4.78, 5) is 20.6. The number of aromatic nitrogens is 3. The van der Waals surface area contributed by atoms with Gasteiger partial charge in [-0.05, 0) is 23.8 Å². The van der Waals surface area contributed by atoms with Crippen molar-refractivity contribution >= 4 is 28.6 Å². The van der Waals surface area contributed by atoms with E-state index in [1.807, 2.05) is 48.9 Å². The van der Waals surface area contributed by atoms with Crippen LogP contribution < -0.4 is 20.1 Å². The second kappa shape index (κ2) is 9.78. The van der Waals surface area contributed by atoms with E-state index in [1.54, 1.807) is 32.4 Å². The van der Waals surface area contributed by atoms with Gasteiger partial charge >= 0.3 is 0 Å². The molecule has 2 aromatic carbocycles. The summed E-state index contributed by atoms with van der Waals surface area (Å²) in [6.07, 6.45) is 1.51. The first kappa shape index (κ1) is 23.0. The second-order valence-electron chi connectivity index (χ2n) is 7.85. The molecule has 34 heavy (non-hydrogen) atoms. The van der Waals surface area contributed by atoms with Gasteiger partial charge in [-0.1, -0.05) is 19.1 Å². The average molecular weight is 464 g/mol. The number of carbonyl (C=O) groups is 1. The van der Waals surface area contributed by atoms with E-state index in [9.17, 15) is 9.18 Å². The zero-order chi connectivity index (χ0) is 24.2. The van der Waals surface area contributed by atoms with E-state index in [1.165, 1.54) is 6.20 Å². The van der Waals surface area contributed by atoms with Crippen LogP contribution in [0.5, 0.6) is 17.2 Å². The molecule has 0 spiro atoms. The second-order valence-corrected chi connectivity index (χ2v) is 7.85. The van der Waals surface area contributed by atoms with E-state index in [4.69, 9.17) is 14.5 Å². The topological polar surface area (TPSA) is 90.3 Å². The number of alkyl halides is 1. The Hall–Kier alpha value is -4.14. The molecule has 0 fully saturated rings. The molecule has 0 bridgehead atoms. The number of benzene rings is 2. The molecule has 2 N–H and O–H groups in total. The summed E-state index contributed by atoms with van der Waals surface area (Å²) < 4.78 is 26.6. The predicted molar refractivity (Wildman–Crippen MR) is 129 cm³/mol. The minimum Gasteiger partial charge on any atom is -0.493 e. The third kappa shape index (κ3) is 4.63. The van der Waals surface area contributed by atoms with Crippen molar-refractivity contribution in [2.24, 2.45) is 7.05 Å². The number of rotatable bonds is 8. The Morgan fingerprint density at radius 3 is 2.74 bits per heavy atom. The highest BCUT2D eigenvalue weighted by molar-refractivity contribution is 5.92. The summed E-state index contributed by atoms with van der Waals surface area (Å²) in [5.74, 6) is 1.54. The summed E-state index contributed by atoms with van der Waals surface area (Å²) in [5, 5.41) is 5.85. The summed E-state index contributed by atoms with van der Waals surface area (Å²) in [5.41, 5.74) is 3.50. The molecule has 0 radical (unpaired) electrons. The molecule has 0 saturated carbocycles. The number of pyridine rings is 1. The van der Waals surface area contributed by atoms with Gasteiger partial charge in [0, 0.05) is 50.1 Å². The number of halogens is 1. The molecule has 1 unspecified atom stereocenters. The summed E-state index contributed by atoms with van der Waals surface area (Å²) in [7, 11) is 4.99. The van der Waals surface area contributed by atoms with Gasteiger partial charge in [-0.3, -0.25) is 14.2 Å². The van der Waals surface area contributed by atoms with E-state index in [-0.39, 0.29) is 17.5 Å². The molecule has 2 heterocycles. The van der Waals surface area contributed by atoms with E-state index >= 15 is 0 Å². The molecular weight excluding hydrogens is 437 g/mol. The quantitative estimate of drug-likeness (QED) is 0.385. The van der Waals surface area contributed by atoms with Crippen LogP contribution in [-0.4, -0.2) is 41.3 Å². The SMILES string of the molecule is CNC(=O)c1cc(Oc2cc3nc(Nc4cccc(C(C)CF)c4)n(C)c3cc2OC)ccn1. The van der Waals surface area contributed by atoms with Crippen LogP contribution >= 0.6 is 0 Å². The smallest absolute Gasteiger partial charge is 0.269 e. The number of carbonyl (C=O) groups excluding carboxylic acids is 1. The van der Waals surface area contributed by atoms with Gasteiger partial charge in [-0.15, -0.1) is 0 Å². The third-order valence-electron chi connectivity index (χ3n) is 5.53. The molecular formula is C25H26FN5O3. The number of anilines is 2. The lowest BCUT2D eigenvalue weighted by molar-refractivity contribution is 0.0958. The number of ether oxygens (including phenoxy) is 2. The van der Waals surface area contributed by atoms with E-state index in [2.05, 4.69) is 15.6 Å². The Morgan fingerprint density at radius 1 is 1.18 bits per heavy atom. The number of hydrogen-bond donors (Lipinski definition) is 2. The van der Waals surface area contributed by atoms with Crippen molar-refractivity contribution in [3.8, 4) is 17.2 Å². The minimum absolute atomic E-state index is 0.178. The maximum Gasteiger partial charge on any atom is 0.269 e. The Bertz CT molecular complexity index is 1340. The molecule has 1 amide bonds. The summed E-state index contributed by atoms with van der Waals surface area (Å²) >= 11 is 0. The Labute approximate surface area is 196 Å². The van der Waals surface area contributed by atoms with Gasteiger partial charge in [0.05, 0.1) is 24.8 Å². The largest absolute Gasteiger partial charge is 0.493 e. The zero-order valence-corrected chi connectivity index (χ0v) is 19.4. The van der Waals surface area contributed by atoms with Crippen LogP contribution in [0, 0.1) is 0 Å². The van der Waals surface area contributed by atoms with Crippen molar-refractivity contribution < 1.29 is 18.7 Å². The Kier molecular flexibility index (Phi) is 6.62. The number of hydrogen-bond acceptors (Lipinski definition) is 6. The van der Waals surface area contributed by atoms with Crippen LogP contribution in [-0.2, 0) is 7.05 Å². The Balaban J connectivity index is 1.66. The van der Waals surface area contributed by atoms with E-state index in [0.29, 0.717) is 28.7 Å². The summed E-state index contributed by atoms with van der Waals surface area (Å²) in [6.45, 7) is 1.43. The van der Waals surface area contributed by atoms with Gasteiger partial charge in [0.25, 0.3) is 5.91 Å². The predicted octanol–water partition coefficient (Wildman–Crippen LogP) is 4.95. The molecule has 4 aromatic rings. The molecule has 9 heteroatoms. The molecule has 0 aliphatic heterocycles. The van der Waals surface area contributed by atoms with Crippen LogP contribution in [0.2, 0.25) is 0 Å². The lowest BCUT2D eigenvalue weighted by Gasteiger charge is -2.12. The number of nitrogens with zero attached hydrogens (tertiary/aromatic N) is 3. The molecule has 8 nitrogen and oxygen atoms in total. The van der Waals surface area contributed by atoms with E-state index < -0.39 is 6.67 Å². The van der Waals surface area contributed by atoms with Crippen LogP contribution in [0.3, 0.4) is 0 Å². The summed E-state index contributed by atoms with van der Waals surface area (Å²) in [6, 6.07) is 14.5. The highest BCUT2D eigenvalue weighted by Gasteiger charge is 2.16. The fourth-order valence-corrected chi connectivity index (χ4v) is 3.55. The molecule has 0 saturated heterocycles. The highest BCUT2D eigenvalue weighted by Crippen LogP contribution is 2.36. The van der Waals surface area contributed by atoms with Crippen LogP contribution in [0.4, 0.5) is 16.0 Å². The highest BCUT2D eigenvalue weighted by atomic mass is 19.1. The molecule has 176 valence electrons. The zero-order valence-electron chi connectivity index (χ0n) is 19.4. The molecule has 2 aromatic heterocycles. The molecule has 0 aliphatic carbocycles. The fraction of sp³-hybridized carbons (Fsp3) is 0.240. The third-order valence-corrected chi connectivity index (χ3v) is 5.53. The van der Waals surface area contributed by atoms with Crippen molar-refractivity contribution in [2.75, 3.05) is 26.1 Å². The molecule has 1 atom stereocenters. The van der Waals surface area contributed by atoms with Crippen molar-refractivity contribution in [1.82, 2.24) is 19.9 Å². The first-order valence-corrected chi connectivity index (χ1v) is 10.8. The first-order chi connectivity index (χ1) is 16.4. The fourth-order valence-electron chi connectivity index (χ4n) is 3.55. The first-order valence-electron chi connectivity index (χ1n) is 10.8.